The minimum absolute atomic E-state index is 0.105. The number of hydrogen-bond acceptors (Lipinski definition) is 5. The van der Waals surface area contributed by atoms with E-state index < -0.39 is 28.3 Å². The Morgan fingerprint density at radius 3 is 2.31 bits per heavy atom. The van der Waals surface area contributed by atoms with Crippen molar-refractivity contribution < 1.29 is 27.1 Å². The summed E-state index contributed by atoms with van der Waals surface area (Å²) in [4.78, 5) is 12.9. The summed E-state index contributed by atoms with van der Waals surface area (Å²) < 4.78 is 52.2. The molecule has 0 fully saturated rings. The van der Waals surface area contributed by atoms with Crippen LogP contribution in [0.5, 0.6) is 11.5 Å². The van der Waals surface area contributed by atoms with Gasteiger partial charge < -0.3 is 14.8 Å². The highest BCUT2D eigenvalue weighted by Gasteiger charge is 2.28. The predicted octanol–water partition coefficient (Wildman–Crippen LogP) is 4.51. The molecule has 0 atom stereocenters. The van der Waals surface area contributed by atoms with Gasteiger partial charge in [-0.1, -0.05) is 42.5 Å². The zero-order chi connectivity index (χ0) is 25.7. The van der Waals surface area contributed by atoms with Crippen LogP contribution >= 0.6 is 0 Å². The zero-order valence-electron chi connectivity index (χ0n) is 19.8. The third kappa shape index (κ3) is 5.26. The van der Waals surface area contributed by atoms with Gasteiger partial charge in [-0.05, 0) is 52.7 Å². The standard InChI is InChI=1S/C27H25FN2O5S/c1-34-25-15-14-23(16-26(25)35-2)36(32,33)30(22-12-10-21(28)11-13-22)18-27(31)29-17-20-8-5-7-19-6-3-4-9-24(19)20/h3-16H,17-18H2,1-2H3,(H,29,31). The van der Waals surface area contributed by atoms with E-state index in [9.17, 15) is 17.6 Å². The topological polar surface area (TPSA) is 84.9 Å². The molecule has 0 bridgehead atoms. The summed E-state index contributed by atoms with van der Waals surface area (Å²) in [6, 6.07) is 22.6. The second-order valence-corrected chi connectivity index (χ2v) is 9.78. The number of ether oxygens (including phenoxy) is 2. The van der Waals surface area contributed by atoms with E-state index in [1.54, 1.807) is 0 Å². The van der Waals surface area contributed by atoms with Crippen molar-refractivity contribution >= 4 is 32.4 Å². The number of benzene rings is 4. The molecule has 0 aromatic heterocycles. The maximum atomic E-state index is 13.6. The summed E-state index contributed by atoms with van der Waals surface area (Å²) in [7, 11) is -1.39. The van der Waals surface area contributed by atoms with E-state index in [0.717, 1.165) is 32.8 Å². The molecule has 0 spiro atoms. The van der Waals surface area contributed by atoms with Gasteiger partial charge in [0, 0.05) is 12.6 Å². The molecule has 186 valence electrons. The third-order valence-electron chi connectivity index (χ3n) is 5.70. The SMILES string of the molecule is COc1ccc(S(=O)(=O)N(CC(=O)NCc2cccc3ccccc23)c2ccc(F)cc2)cc1OC. The maximum absolute atomic E-state index is 13.6. The number of rotatable bonds is 9. The molecular weight excluding hydrogens is 483 g/mol. The lowest BCUT2D eigenvalue weighted by Crippen LogP contribution is -2.40. The summed E-state index contributed by atoms with van der Waals surface area (Å²) in [5.74, 6) is -0.463. The van der Waals surface area contributed by atoms with E-state index in [1.165, 1.54) is 44.6 Å². The quantitative estimate of drug-likeness (QED) is 0.360. The van der Waals surface area contributed by atoms with Crippen LogP contribution in [0.4, 0.5) is 10.1 Å². The number of amides is 1. The van der Waals surface area contributed by atoms with Crippen molar-refractivity contribution in [2.24, 2.45) is 0 Å². The second-order valence-electron chi connectivity index (χ2n) is 7.92. The fourth-order valence-corrected chi connectivity index (χ4v) is 5.29. The van der Waals surface area contributed by atoms with E-state index in [1.807, 2.05) is 42.5 Å². The van der Waals surface area contributed by atoms with Crippen LogP contribution < -0.4 is 19.1 Å². The number of carbonyl (C=O) groups excluding carboxylic acids is 1. The Balaban J connectivity index is 1.62. The molecule has 9 heteroatoms. The molecule has 0 saturated carbocycles. The van der Waals surface area contributed by atoms with E-state index in [-0.39, 0.29) is 22.9 Å². The Labute approximate surface area is 209 Å². The average Bonchev–Trinajstić information content (AvgIpc) is 2.90. The van der Waals surface area contributed by atoms with Crippen molar-refractivity contribution in [1.82, 2.24) is 5.32 Å². The first-order chi connectivity index (χ1) is 17.3. The van der Waals surface area contributed by atoms with Gasteiger partial charge in [-0.25, -0.2) is 12.8 Å². The summed E-state index contributed by atoms with van der Waals surface area (Å²) in [6.45, 7) is -0.291. The van der Waals surface area contributed by atoms with Gasteiger partial charge in [0.1, 0.15) is 12.4 Å². The lowest BCUT2D eigenvalue weighted by Gasteiger charge is -2.24. The van der Waals surface area contributed by atoms with E-state index in [0.29, 0.717) is 5.75 Å². The van der Waals surface area contributed by atoms with E-state index in [4.69, 9.17) is 9.47 Å². The number of carbonyl (C=O) groups is 1. The molecule has 0 aliphatic heterocycles. The highest BCUT2D eigenvalue weighted by Crippen LogP contribution is 2.32. The van der Waals surface area contributed by atoms with Crippen LogP contribution in [0.25, 0.3) is 10.8 Å². The molecular formula is C27H25FN2O5S. The van der Waals surface area contributed by atoms with Crippen LogP contribution in [-0.2, 0) is 21.4 Å². The lowest BCUT2D eigenvalue weighted by molar-refractivity contribution is -0.119. The van der Waals surface area contributed by atoms with Crippen molar-refractivity contribution in [2.75, 3.05) is 25.1 Å². The number of halogens is 1. The van der Waals surface area contributed by atoms with Gasteiger partial charge in [-0.3, -0.25) is 9.10 Å². The fourth-order valence-electron chi connectivity index (χ4n) is 3.85. The Hall–Kier alpha value is -4.11. The van der Waals surface area contributed by atoms with Crippen molar-refractivity contribution in [1.29, 1.82) is 0 Å². The number of nitrogens with one attached hydrogen (secondary N) is 1. The Morgan fingerprint density at radius 1 is 0.889 bits per heavy atom. The van der Waals surface area contributed by atoms with Gasteiger partial charge in [0.2, 0.25) is 5.91 Å². The largest absolute Gasteiger partial charge is 0.493 e. The van der Waals surface area contributed by atoms with Gasteiger partial charge in [-0.2, -0.15) is 0 Å². The fraction of sp³-hybridized carbons (Fsp3) is 0.148. The first kappa shape index (κ1) is 25.0. The molecule has 7 nitrogen and oxygen atoms in total. The van der Waals surface area contributed by atoms with Crippen molar-refractivity contribution in [3.63, 3.8) is 0 Å². The number of sulfonamides is 1. The molecule has 4 aromatic rings. The minimum atomic E-state index is -4.22. The highest BCUT2D eigenvalue weighted by atomic mass is 32.2. The van der Waals surface area contributed by atoms with E-state index in [2.05, 4.69) is 5.32 Å². The van der Waals surface area contributed by atoms with Crippen LogP contribution in [0.15, 0.2) is 89.8 Å². The van der Waals surface area contributed by atoms with E-state index >= 15 is 0 Å². The number of hydrogen-bond donors (Lipinski definition) is 1. The Bertz CT molecular complexity index is 1480. The van der Waals surface area contributed by atoms with Crippen molar-refractivity contribution in [2.45, 2.75) is 11.4 Å². The molecule has 0 aliphatic carbocycles. The van der Waals surface area contributed by atoms with Gasteiger partial charge in [-0.15, -0.1) is 0 Å². The number of nitrogens with zero attached hydrogens (tertiary/aromatic N) is 1. The zero-order valence-corrected chi connectivity index (χ0v) is 20.6. The summed E-state index contributed by atoms with van der Waals surface area (Å²) >= 11 is 0. The third-order valence-corrected chi connectivity index (χ3v) is 7.47. The monoisotopic (exact) mass is 508 g/mol. The van der Waals surface area contributed by atoms with Crippen molar-refractivity contribution in [3.05, 3.63) is 96.3 Å². The molecule has 1 N–H and O–H groups in total. The maximum Gasteiger partial charge on any atom is 0.264 e. The average molecular weight is 509 g/mol. The molecule has 0 radical (unpaired) electrons. The highest BCUT2D eigenvalue weighted by molar-refractivity contribution is 7.92. The van der Waals surface area contributed by atoms with Crippen LogP contribution in [0.2, 0.25) is 0 Å². The Morgan fingerprint density at radius 2 is 1.58 bits per heavy atom. The second kappa shape index (κ2) is 10.7. The Kier molecular flexibility index (Phi) is 7.40. The smallest absolute Gasteiger partial charge is 0.264 e. The van der Waals surface area contributed by atoms with Crippen LogP contribution in [0.3, 0.4) is 0 Å². The van der Waals surface area contributed by atoms with Crippen LogP contribution in [0.1, 0.15) is 5.56 Å². The number of methoxy groups -OCH3 is 2. The lowest BCUT2D eigenvalue weighted by atomic mass is 10.0. The van der Waals surface area contributed by atoms with Gasteiger partial charge in [0.25, 0.3) is 10.0 Å². The minimum Gasteiger partial charge on any atom is -0.493 e. The first-order valence-corrected chi connectivity index (χ1v) is 12.5. The number of anilines is 1. The van der Waals surface area contributed by atoms with Crippen LogP contribution in [0, 0.1) is 5.82 Å². The molecule has 0 unspecified atom stereocenters. The molecule has 0 aliphatic rings. The van der Waals surface area contributed by atoms with Gasteiger partial charge >= 0.3 is 0 Å². The summed E-state index contributed by atoms with van der Waals surface area (Å²) in [5.41, 5.74) is 1.05. The molecule has 4 aromatic carbocycles. The van der Waals surface area contributed by atoms with Crippen molar-refractivity contribution in [3.8, 4) is 11.5 Å². The normalized spacial score (nSPS) is 11.2. The molecule has 36 heavy (non-hydrogen) atoms. The summed E-state index contributed by atoms with van der Waals surface area (Å²) in [5, 5.41) is 4.83. The molecule has 0 heterocycles. The summed E-state index contributed by atoms with van der Waals surface area (Å²) in [6.07, 6.45) is 0. The predicted molar refractivity (Wildman–Crippen MR) is 136 cm³/mol. The molecule has 4 rings (SSSR count). The van der Waals surface area contributed by atoms with Crippen LogP contribution in [-0.4, -0.2) is 35.1 Å². The van der Waals surface area contributed by atoms with Gasteiger partial charge in [0.05, 0.1) is 24.8 Å². The molecule has 0 saturated heterocycles. The molecule has 1 amide bonds. The van der Waals surface area contributed by atoms with Gasteiger partial charge in [0.15, 0.2) is 11.5 Å². The first-order valence-electron chi connectivity index (χ1n) is 11.1. The number of fused-ring (bicyclic) bond motifs is 1.